The van der Waals surface area contributed by atoms with Gasteiger partial charge in [0, 0.05) is 0 Å². The lowest BCUT2D eigenvalue weighted by atomic mass is 10.0. The van der Waals surface area contributed by atoms with Gasteiger partial charge in [-0.2, -0.15) is 0 Å². The van der Waals surface area contributed by atoms with Gasteiger partial charge in [0.2, 0.25) is 0 Å². The van der Waals surface area contributed by atoms with E-state index in [4.69, 9.17) is 0 Å². The Morgan fingerprint density at radius 3 is 1.42 bits per heavy atom. The van der Waals surface area contributed by atoms with Crippen molar-refractivity contribution in [2.75, 3.05) is 13.2 Å². The van der Waals surface area contributed by atoms with Crippen LogP contribution in [0.5, 0.6) is 0 Å². The third kappa shape index (κ3) is 23.2. The van der Waals surface area contributed by atoms with Gasteiger partial charge in [0.1, 0.15) is 0 Å². The molecular formula is C18H36O. The quantitative estimate of drug-likeness (QED) is 0.217. The number of ether oxygens (including phenoxy) is 1. The molecular weight excluding hydrogens is 232 g/mol. The summed E-state index contributed by atoms with van der Waals surface area (Å²) in [6.07, 6.45) is 20.5. The summed E-state index contributed by atoms with van der Waals surface area (Å²) in [6, 6.07) is 0. The highest BCUT2D eigenvalue weighted by atomic mass is 16.6. The van der Waals surface area contributed by atoms with E-state index in [1.807, 2.05) is 6.08 Å². The minimum atomic E-state index is 1.00. The lowest BCUT2D eigenvalue weighted by Crippen LogP contribution is -1.82. The molecule has 1 rings (SSSR count). The molecule has 1 nitrogen and oxygen atoms in total. The molecule has 0 atom stereocenters. The van der Waals surface area contributed by atoms with Crippen LogP contribution in [-0.2, 0) is 4.74 Å². The molecule has 0 aromatic heterocycles. The molecule has 1 aliphatic heterocycles. The number of allylic oxidation sites excluding steroid dienone is 1. The summed E-state index contributed by atoms with van der Waals surface area (Å²) in [4.78, 5) is 0. The first-order valence-electron chi connectivity index (χ1n) is 8.60. The first-order chi connectivity index (χ1) is 9.41. The fourth-order valence-corrected chi connectivity index (χ4v) is 2.13. The molecule has 19 heavy (non-hydrogen) atoms. The minimum absolute atomic E-state index is 1.00. The number of rotatable bonds is 13. The van der Waals surface area contributed by atoms with Crippen LogP contribution in [-0.4, -0.2) is 13.2 Å². The zero-order valence-electron chi connectivity index (χ0n) is 13.3. The number of unbranched alkanes of at least 4 members (excludes halogenated alkanes) is 12. The van der Waals surface area contributed by atoms with E-state index in [0.29, 0.717) is 0 Å². The topological polar surface area (TPSA) is 12.5 Å². The molecule has 0 amide bonds. The molecule has 1 fully saturated rings. The van der Waals surface area contributed by atoms with E-state index in [0.717, 1.165) is 13.2 Å². The van der Waals surface area contributed by atoms with Crippen LogP contribution in [0.3, 0.4) is 0 Å². The summed E-state index contributed by atoms with van der Waals surface area (Å²) in [6.45, 7) is 8.03. The van der Waals surface area contributed by atoms with E-state index in [1.54, 1.807) is 0 Å². The molecule has 114 valence electrons. The molecule has 0 N–H and O–H groups in total. The Bertz CT molecular complexity index is 160. The normalized spacial score (nSPS) is 12.7. The minimum Gasteiger partial charge on any atom is -0.377 e. The molecule has 1 heteroatoms. The van der Waals surface area contributed by atoms with Gasteiger partial charge in [-0.3, -0.25) is 0 Å². The van der Waals surface area contributed by atoms with Crippen molar-refractivity contribution in [2.45, 2.75) is 90.4 Å². The molecule has 0 saturated carbocycles. The Hall–Kier alpha value is -0.300. The van der Waals surface area contributed by atoms with E-state index in [-0.39, 0.29) is 0 Å². The molecule has 0 radical (unpaired) electrons. The van der Waals surface area contributed by atoms with E-state index in [2.05, 4.69) is 18.2 Å². The van der Waals surface area contributed by atoms with Gasteiger partial charge in [-0.15, -0.1) is 6.58 Å². The molecule has 0 bridgehead atoms. The molecule has 0 unspecified atom stereocenters. The fourth-order valence-electron chi connectivity index (χ4n) is 2.13. The molecule has 1 saturated heterocycles. The maximum atomic E-state index is 4.50. The van der Waals surface area contributed by atoms with Gasteiger partial charge >= 0.3 is 0 Å². The van der Waals surface area contributed by atoms with Gasteiger partial charge in [-0.05, 0) is 12.8 Å². The SMILES string of the molecule is C1CO1.C=CCCCCCCCCCCCCCC. The van der Waals surface area contributed by atoms with Crippen molar-refractivity contribution < 1.29 is 4.74 Å². The van der Waals surface area contributed by atoms with Crippen LogP contribution in [0.25, 0.3) is 0 Å². The maximum absolute atomic E-state index is 4.50. The standard InChI is InChI=1S/C16H32.C2H4O/c1-3-5-7-9-11-13-15-16-14-12-10-8-6-4-2;1-2-3-1/h3H,1,4-16H2,2H3;1-2H2. The summed E-state index contributed by atoms with van der Waals surface area (Å²) in [5.41, 5.74) is 0. The zero-order valence-corrected chi connectivity index (χ0v) is 13.3. The van der Waals surface area contributed by atoms with Gasteiger partial charge < -0.3 is 4.74 Å². The van der Waals surface area contributed by atoms with Crippen molar-refractivity contribution in [3.63, 3.8) is 0 Å². The van der Waals surface area contributed by atoms with Crippen LogP contribution in [0.2, 0.25) is 0 Å². The van der Waals surface area contributed by atoms with Gasteiger partial charge in [0.15, 0.2) is 0 Å². The van der Waals surface area contributed by atoms with Crippen molar-refractivity contribution in [2.24, 2.45) is 0 Å². The summed E-state index contributed by atoms with van der Waals surface area (Å²) in [5, 5.41) is 0. The highest BCUT2D eigenvalue weighted by Crippen LogP contribution is 2.12. The molecule has 0 aromatic carbocycles. The summed E-state index contributed by atoms with van der Waals surface area (Å²) >= 11 is 0. The molecule has 0 aliphatic carbocycles. The van der Waals surface area contributed by atoms with Crippen LogP contribution in [0.4, 0.5) is 0 Å². The zero-order chi connectivity index (χ0) is 14.0. The van der Waals surface area contributed by atoms with Crippen molar-refractivity contribution in [1.82, 2.24) is 0 Å². The summed E-state index contributed by atoms with van der Waals surface area (Å²) < 4.78 is 4.50. The second kappa shape index (κ2) is 17.7. The number of hydrogen-bond acceptors (Lipinski definition) is 1. The summed E-state index contributed by atoms with van der Waals surface area (Å²) in [5.74, 6) is 0. The van der Waals surface area contributed by atoms with Gasteiger partial charge in [-0.1, -0.05) is 83.6 Å². The average Bonchev–Trinajstić information content (AvgIpc) is 3.28. The van der Waals surface area contributed by atoms with E-state index >= 15 is 0 Å². The van der Waals surface area contributed by atoms with Crippen molar-refractivity contribution >= 4 is 0 Å². The van der Waals surface area contributed by atoms with Gasteiger partial charge in [0.05, 0.1) is 13.2 Å². The predicted octanol–water partition coefficient (Wildman–Crippen LogP) is 6.28. The second-order valence-corrected chi connectivity index (χ2v) is 5.58. The van der Waals surface area contributed by atoms with Crippen LogP contribution in [0.1, 0.15) is 90.4 Å². The Kier molecular flexibility index (Phi) is 17.4. The van der Waals surface area contributed by atoms with Crippen molar-refractivity contribution in [1.29, 1.82) is 0 Å². The van der Waals surface area contributed by atoms with Crippen LogP contribution >= 0.6 is 0 Å². The predicted molar refractivity (Wildman–Crippen MR) is 86.7 cm³/mol. The first kappa shape index (κ1) is 18.7. The third-order valence-electron chi connectivity index (χ3n) is 3.47. The Morgan fingerprint density at radius 2 is 1.11 bits per heavy atom. The highest BCUT2D eigenvalue weighted by Gasteiger charge is 1.94. The summed E-state index contributed by atoms with van der Waals surface area (Å²) in [7, 11) is 0. The third-order valence-corrected chi connectivity index (χ3v) is 3.47. The van der Waals surface area contributed by atoms with Crippen LogP contribution in [0, 0.1) is 0 Å². The van der Waals surface area contributed by atoms with Crippen LogP contribution in [0.15, 0.2) is 12.7 Å². The molecule has 0 aromatic rings. The average molecular weight is 268 g/mol. The molecule has 0 spiro atoms. The Labute approximate surface area is 121 Å². The lowest BCUT2D eigenvalue weighted by molar-refractivity contribution is 0.475. The number of epoxide rings is 1. The second-order valence-electron chi connectivity index (χ2n) is 5.58. The lowest BCUT2D eigenvalue weighted by Gasteiger charge is -2.02. The maximum Gasteiger partial charge on any atom is 0.0701 e. The van der Waals surface area contributed by atoms with E-state index in [9.17, 15) is 0 Å². The fraction of sp³-hybridized carbons (Fsp3) is 0.889. The largest absolute Gasteiger partial charge is 0.377 e. The molecule has 1 heterocycles. The van der Waals surface area contributed by atoms with E-state index in [1.165, 1.54) is 83.5 Å². The Morgan fingerprint density at radius 1 is 0.737 bits per heavy atom. The van der Waals surface area contributed by atoms with E-state index < -0.39 is 0 Å². The van der Waals surface area contributed by atoms with Gasteiger partial charge in [0.25, 0.3) is 0 Å². The number of hydrogen-bond donors (Lipinski definition) is 0. The van der Waals surface area contributed by atoms with Crippen molar-refractivity contribution in [3.05, 3.63) is 12.7 Å². The monoisotopic (exact) mass is 268 g/mol. The smallest absolute Gasteiger partial charge is 0.0701 e. The van der Waals surface area contributed by atoms with Crippen molar-refractivity contribution in [3.8, 4) is 0 Å². The highest BCUT2D eigenvalue weighted by molar-refractivity contribution is 4.65. The van der Waals surface area contributed by atoms with Gasteiger partial charge in [-0.25, -0.2) is 0 Å². The van der Waals surface area contributed by atoms with Crippen LogP contribution < -0.4 is 0 Å². The molecule has 1 aliphatic rings. The Balaban J connectivity index is 0.000000934. The first-order valence-corrected chi connectivity index (χ1v) is 8.60.